The van der Waals surface area contributed by atoms with Crippen molar-refractivity contribution in [1.82, 2.24) is 9.80 Å². The molecule has 0 N–H and O–H groups in total. The van der Waals surface area contributed by atoms with E-state index in [1.807, 2.05) is 0 Å². The number of amides is 2. The van der Waals surface area contributed by atoms with Crippen molar-refractivity contribution < 1.29 is 26.5 Å². The SMILES string of the molecule is COc1ccc(CN(Cc2ccco2)C(=O)N(C)C)cc1OS(C)(=O)=O. The van der Waals surface area contributed by atoms with Gasteiger partial charge in [0.1, 0.15) is 5.76 Å². The highest BCUT2D eigenvalue weighted by atomic mass is 32.2. The summed E-state index contributed by atoms with van der Waals surface area (Å²) in [6.45, 7) is 0.514. The van der Waals surface area contributed by atoms with Gasteiger partial charge in [0, 0.05) is 20.6 Å². The fourth-order valence-corrected chi connectivity index (χ4v) is 2.79. The summed E-state index contributed by atoms with van der Waals surface area (Å²) in [5, 5.41) is 0. The number of ether oxygens (including phenoxy) is 1. The molecule has 0 saturated carbocycles. The summed E-state index contributed by atoms with van der Waals surface area (Å²) in [5.41, 5.74) is 0.686. The Morgan fingerprint density at radius 1 is 1.15 bits per heavy atom. The molecule has 0 aliphatic carbocycles. The van der Waals surface area contributed by atoms with E-state index < -0.39 is 10.1 Å². The first kappa shape index (κ1) is 19.6. The lowest BCUT2D eigenvalue weighted by Gasteiger charge is -2.25. The summed E-state index contributed by atoms with van der Waals surface area (Å²) < 4.78 is 38.3. The second-order valence-corrected chi connectivity index (χ2v) is 7.46. The topological polar surface area (TPSA) is 89.3 Å². The van der Waals surface area contributed by atoms with Crippen molar-refractivity contribution in [3.63, 3.8) is 0 Å². The summed E-state index contributed by atoms with van der Waals surface area (Å²) in [7, 11) is 1.02. The molecule has 142 valence electrons. The van der Waals surface area contributed by atoms with Gasteiger partial charge >= 0.3 is 16.1 Å². The first-order valence-corrected chi connectivity index (χ1v) is 9.56. The van der Waals surface area contributed by atoms with Gasteiger partial charge in [0.15, 0.2) is 11.5 Å². The van der Waals surface area contributed by atoms with Gasteiger partial charge in [0.25, 0.3) is 0 Å². The van der Waals surface area contributed by atoms with Crippen LogP contribution in [0.2, 0.25) is 0 Å². The molecule has 0 aliphatic rings. The molecule has 26 heavy (non-hydrogen) atoms. The zero-order valence-electron chi connectivity index (χ0n) is 15.1. The molecule has 0 radical (unpaired) electrons. The molecule has 0 aliphatic heterocycles. The van der Waals surface area contributed by atoms with Gasteiger partial charge in [-0.1, -0.05) is 6.07 Å². The van der Waals surface area contributed by atoms with E-state index in [0.29, 0.717) is 11.3 Å². The van der Waals surface area contributed by atoms with E-state index in [4.69, 9.17) is 13.3 Å². The maximum absolute atomic E-state index is 12.5. The molecule has 0 saturated heterocycles. The number of methoxy groups -OCH3 is 1. The summed E-state index contributed by atoms with van der Waals surface area (Å²) in [6, 6.07) is 8.20. The highest BCUT2D eigenvalue weighted by Gasteiger charge is 2.19. The number of nitrogens with zero attached hydrogens (tertiary/aromatic N) is 2. The van der Waals surface area contributed by atoms with Crippen LogP contribution in [0, 0.1) is 0 Å². The van der Waals surface area contributed by atoms with Crippen LogP contribution in [-0.4, -0.2) is 51.7 Å². The minimum Gasteiger partial charge on any atom is -0.493 e. The van der Waals surface area contributed by atoms with E-state index in [2.05, 4.69) is 0 Å². The molecule has 0 bridgehead atoms. The van der Waals surface area contributed by atoms with E-state index in [-0.39, 0.29) is 30.6 Å². The zero-order chi connectivity index (χ0) is 19.3. The lowest BCUT2D eigenvalue weighted by atomic mass is 10.2. The predicted molar refractivity (Wildman–Crippen MR) is 95.5 cm³/mol. The molecule has 9 heteroatoms. The molecule has 8 nitrogen and oxygen atoms in total. The van der Waals surface area contributed by atoms with Gasteiger partial charge < -0.3 is 23.1 Å². The third kappa shape index (κ3) is 5.41. The van der Waals surface area contributed by atoms with Crippen molar-refractivity contribution in [2.75, 3.05) is 27.5 Å². The summed E-state index contributed by atoms with van der Waals surface area (Å²) in [5.74, 6) is 1.000. The van der Waals surface area contributed by atoms with Crippen LogP contribution in [0.5, 0.6) is 11.5 Å². The Labute approximate surface area is 153 Å². The Kier molecular flexibility index (Phi) is 6.14. The summed E-state index contributed by atoms with van der Waals surface area (Å²) in [4.78, 5) is 15.5. The first-order valence-electron chi connectivity index (χ1n) is 7.74. The molecule has 1 heterocycles. The molecule has 1 aromatic carbocycles. The molecule has 2 rings (SSSR count). The van der Waals surface area contributed by atoms with Gasteiger partial charge in [0.2, 0.25) is 0 Å². The Balaban J connectivity index is 2.29. The quantitative estimate of drug-likeness (QED) is 0.683. The predicted octanol–water partition coefficient (Wildman–Crippen LogP) is 2.31. The van der Waals surface area contributed by atoms with Crippen molar-refractivity contribution in [2.24, 2.45) is 0 Å². The van der Waals surface area contributed by atoms with Crippen molar-refractivity contribution in [2.45, 2.75) is 13.1 Å². The fourth-order valence-electron chi connectivity index (χ4n) is 2.33. The highest BCUT2D eigenvalue weighted by molar-refractivity contribution is 7.86. The molecule has 0 unspecified atom stereocenters. The monoisotopic (exact) mass is 382 g/mol. The normalized spacial score (nSPS) is 11.1. The van der Waals surface area contributed by atoms with Gasteiger partial charge in [-0.25, -0.2) is 4.79 Å². The lowest BCUT2D eigenvalue weighted by molar-refractivity contribution is 0.161. The van der Waals surface area contributed by atoms with Gasteiger partial charge in [-0.05, 0) is 29.8 Å². The lowest BCUT2D eigenvalue weighted by Crippen LogP contribution is -2.38. The minimum atomic E-state index is -3.71. The van der Waals surface area contributed by atoms with Crippen LogP contribution < -0.4 is 8.92 Å². The van der Waals surface area contributed by atoms with Gasteiger partial charge in [-0.3, -0.25) is 0 Å². The molecule has 1 aromatic heterocycles. The number of carbonyl (C=O) groups is 1. The molecule has 0 fully saturated rings. The molecular formula is C17H22N2O6S. The Morgan fingerprint density at radius 3 is 2.42 bits per heavy atom. The minimum absolute atomic E-state index is 0.0720. The molecule has 0 atom stereocenters. The number of hydrogen-bond acceptors (Lipinski definition) is 6. The van der Waals surface area contributed by atoms with E-state index in [0.717, 1.165) is 6.26 Å². The molecule has 2 amide bonds. The molecular weight excluding hydrogens is 360 g/mol. The Bertz CT molecular complexity index is 846. The van der Waals surface area contributed by atoms with Crippen LogP contribution in [0.4, 0.5) is 4.79 Å². The number of rotatable bonds is 7. The number of hydrogen-bond donors (Lipinski definition) is 0. The zero-order valence-corrected chi connectivity index (χ0v) is 15.9. The second kappa shape index (κ2) is 8.13. The third-order valence-electron chi connectivity index (χ3n) is 3.42. The van der Waals surface area contributed by atoms with Crippen molar-refractivity contribution in [3.05, 3.63) is 47.9 Å². The standard InChI is InChI=1S/C17H22N2O6S/c1-18(2)17(20)19(12-14-6-5-9-24-14)11-13-7-8-15(23-3)16(10-13)25-26(4,21)22/h5-10H,11-12H2,1-4H3. The second-order valence-electron chi connectivity index (χ2n) is 5.89. The van der Waals surface area contributed by atoms with E-state index in [1.165, 1.54) is 18.1 Å². The largest absolute Gasteiger partial charge is 0.493 e. The Hall–Kier alpha value is -2.68. The Morgan fingerprint density at radius 2 is 1.88 bits per heavy atom. The van der Waals surface area contributed by atoms with Gasteiger partial charge in [-0.15, -0.1) is 0 Å². The number of carbonyl (C=O) groups excluding carboxylic acids is 1. The summed E-state index contributed by atoms with van der Waals surface area (Å²) >= 11 is 0. The fraction of sp³-hybridized carbons (Fsp3) is 0.353. The van der Waals surface area contributed by atoms with Crippen molar-refractivity contribution >= 4 is 16.1 Å². The maximum Gasteiger partial charge on any atom is 0.320 e. The van der Waals surface area contributed by atoms with Crippen LogP contribution in [0.15, 0.2) is 41.0 Å². The van der Waals surface area contributed by atoms with Gasteiger partial charge in [-0.2, -0.15) is 8.42 Å². The third-order valence-corrected chi connectivity index (χ3v) is 3.90. The van der Waals surface area contributed by atoms with E-state index in [1.54, 1.807) is 49.5 Å². The molecule has 0 spiro atoms. The molecule has 2 aromatic rings. The van der Waals surface area contributed by atoms with Crippen LogP contribution >= 0.6 is 0 Å². The first-order chi connectivity index (χ1) is 12.2. The van der Waals surface area contributed by atoms with Crippen LogP contribution in [-0.2, 0) is 23.2 Å². The average Bonchev–Trinajstić information content (AvgIpc) is 3.05. The number of benzene rings is 1. The highest BCUT2D eigenvalue weighted by Crippen LogP contribution is 2.30. The van der Waals surface area contributed by atoms with Crippen LogP contribution in [0.3, 0.4) is 0 Å². The van der Waals surface area contributed by atoms with Crippen LogP contribution in [0.1, 0.15) is 11.3 Å². The van der Waals surface area contributed by atoms with Crippen molar-refractivity contribution in [1.29, 1.82) is 0 Å². The number of urea groups is 1. The van der Waals surface area contributed by atoms with E-state index in [9.17, 15) is 13.2 Å². The van der Waals surface area contributed by atoms with E-state index >= 15 is 0 Å². The van der Waals surface area contributed by atoms with Crippen molar-refractivity contribution in [3.8, 4) is 11.5 Å². The van der Waals surface area contributed by atoms with Crippen LogP contribution in [0.25, 0.3) is 0 Å². The number of furan rings is 1. The smallest absolute Gasteiger partial charge is 0.320 e. The summed E-state index contributed by atoms with van der Waals surface area (Å²) in [6.07, 6.45) is 2.50. The average molecular weight is 382 g/mol. The maximum atomic E-state index is 12.5. The van der Waals surface area contributed by atoms with Gasteiger partial charge in [0.05, 0.1) is 26.2 Å².